The molecule has 0 bridgehead atoms. The molecule has 0 aliphatic rings. The average molecular weight is 329 g/mol. The van der Waals surface area contributed by atoms with Crippen LogP contribution in [-0.4, -0.2) is 37.0 Å². The molecule has 0 saturated heterocycles. The maximum absolute atomic E-state index is 12.0. The van der Waals surface area contributed by atoms with Crippen LogP contribution in [0.5, 0.6) is 5.75 Å². The Morgan fingerprint density at radius 1 is 1.32 bits per heavy atom. The summed E-state index contributed by atoms with van der Waals surface area (Å²) < 4.78 is 5.61. The SMILES string of the molecule is Cc1ccc(OCC(=O)N(C)CCC(N)C(C)C)c(C)c1.Cl. The van der Waals surface area contributed by atoms with Gasteiger partial charge < -0.3 is 15.4 Å². The molecule has 0 heterocycles. The molecule has 126 valence electrons. The molecule has 1 atom stereocenters. The first-order valence-electron chi connectivity index (χ1n) is 7.51. The van der Waals surface area contributed by atoms with Crippen molar-refractivity contribution in [3.63, 3.8) is 0 Å². The topological polar surface area (TPSA) is 55.6 Å². The minimum Gasteiger partial charge on any atom is -0.484 e. The van der Waals surface area contributed by atoms with Crippen LogP contribution >= 0.6 is 12.4 Å². The van der Waals surface area contributed by atoms with Crippen molar-refractivity contribution in [1.82, 2.24) is 4.90 Å². The maximum Gasteiger partial charge on any atom is 0.260 e. The van der Waals surface area contributed by atoms with Crippen molar-refractivity contribution in [2.75, 3.05) is 20.2 Å². The van der Waals surface area contributed by atoms with E-state index in [-0.39, 0.29) is 31.0 Å². The molecule has 1 aromatic carbocycles. The van der Waals surface area contributed by atoms with Gasteiger partial charge in [0.25, 0.3) is 5.91 Å². The third-order valence-corrected chi connectivity index (χ3v) is 3.76. The van der Waals surface area contributed by atoms with E-state index in [1.165, 1.54) is 5.56 Å². The first-order chi connectivity index (χ1) is 9.81. The van der Waals surface area contributed by atoms with E-state index in [1.54, 1.807) is 11.9 Å². The molecule has 1 rings (SSSR count). The van der Waals surface area contributed by atoms with Gasteiger partial charge in [-0.2, -0.15) is 0 Å². The number of carbonyl (C=O) groups excluding carboxylic acids is 1. The molecular formula is C17H29ClN2O2. The third kappa shape index (κ3) is 6.67. The largest absolute Gasteiger partial charge is 0.484 e. The molecule has 0 spiro atoms. The standard InChI is InChI=1S/C17H28N2O2.ClH/c1-12(2)15(18)8-9-19(5)17(20)11-21-16-7-6-13(3)10-14(16)4;/h6-7,10,12,15H,8-9,11,18H2,1-5H3;1H. The van der Waals surface area contributed by atoms with E-state index in [0.29, 0.717) is 12.5 Å². The summed E-state index contributed by atoms with van der Waals surface area (Å²) in [6.45, 7) is 8.93. The number of nitrogens with zero attached hydrogens (tertiary/aromatic N) is 1. The van der Waals surface area contributed by atoms with Gasteiger partial charge in [0, 0.05) is 19.6 Å². The highest BCUT2D eigenvalue weighted by molar-refractivity contribution is 5.85. The van der Waals surface area contributed by atoms with Crippen LogP contribution in [-0.2, 0) is 4.79 Å². The zero-order chi connectivity index (χ0) is 16.0. The number of hydrogen-bond acceptors (Lipinski definition) is 3. The Morgan fingerprint density at radius 3 is 2.50 bits per heavy atom. The van der Waals surface area contributed by atoms with Gasteiger partial charge >= 0.3 is 0 Å². The number of ether oxygens (including phenoxy) is 1. The number of likely N-dealkylation sites (N-methyl/N-ethyl adjacent to an activating group) is 1. The molecular weight excluding hydrogens is 300 g/mol. The highest BCUT2D eigenvalue weighted by atomic mass is 35.5. The van der Waals surface area contributed by atoms with Crippen molar-refractivity contribution in [2.24, 2.45) is 11.7 Å². The zero-order valence-corrected chi connectivity index (χ0v) is 15.1. The Hall–Kier alpha value is -1.26. The molecule has 0 aliphatic heterocycles. The van der Waals surface area contributed by atoms with Gasteiger partial charge in [0.1, 0.15) is 5.75 Å². The fourth-order valence-corrected chi connectivity index (χ4v) is 2.01. The predicted molar refractivity (Wildman–Crippen MR) is 93.7 cm³/mol. The zero-order valence-electron chi connectivity index (χ0n) is 14.3. The molecule has 1 unspecified atom stereocenters. The van der Waals surface area contributed by atoms with E-state index in [2.05, 4.69) is 13.8 Å². The summed E-state index contributed by atoms with van der Waals surface area (Å²) in [5, 5.41) is 0. The summed E-state index contributed by atoms with van der Waals surface area (Å²) in [5.74, 6) is 1.17. The van der Waals surface area contributed by atoms with Crippen LogP contribution in [0.4, 0.5) is 0 Å². The Morgan fingerprint density at radius 2 is 1.95 bits per heavy atom. The Bertz CT molecular complexity index is 478. The van der Waals surface area contributed by atoms with E-state index >= 15 is 0 Å². The summed E-state index contributed by atoms with van der Waals surface area (Å²) >= 11 is 0. The quantitative estimate of drug-likeness (QED) is 0.837. The second kappa shape index (κ2) is 9.70. The molecule has 0 aliphatic carbocycles. The fraction of sp³-hybridized carbons (Fsp3) is 0.588. The molecule has 22 heavy (non-hydrogen) atoms. The summed E-state index contributed by atoms with van der Waals surface area (Å²) in [7, 11) is 1.79. The summed E-state index contributed by atoms with van der Waals surface area (Å²) in [6.07, 6.45) is 0.809. The van der Waals surface area contributed by atoms with Crippen LogP contribution in [0.2, 0.25) is 0 Å². The second-order valence-corrected chi connectivity index (χ2v) is 6.07. The van der Waals surface area contributed by atoms with Crippen LogP contribution in [0.3, 0.4) is 0 Å². The lowest BCUT2D eigenvalue weighted by molar-refractivity contribution is -0.132. The van der Waals surface area contributed by atoms with Crippen LogP contribution in [0.15, 0.2) is 18.2 Å². The number of hydrogen-bond donors (Lipinski definition) is 1. The maximum atomic E-state index is 12.0. The number of amides is 1. The molecule has 1 amide bonds. The van der Waals surface area contributed by atoms with Gasteiger partial charge in [-0.1, -0.05) is 31.5 Å². The van der Waals surface area contributed by atoms with Crippen LogP contribution < -0.4 is 10.5 Å². The number of halogens is 1. The molecule has 0 aromatic heterocycles. The lowest BCUT2D eigenvalue weighted by Gasteiger charge is -2.21. The van der Waals surface area contributed by atoms with Gasteiger partial charge in [0.15, 0.2) is 6.61 Å². The Balaban J connectivity index is 0.00000441. The highest BCUT2D eigenvalue weighted by Crippen LogP contribution is 2.18. The Labute approximate surface area is 140 Å². The first kappa shape index (κ1) is 20.7. The van der Waals surface area contributed by atoms with Gasteiger partial charge in [0.2, 0.25) is 0 Å². The second-order valence-electron chi connectivity index (χ2n) is 6.07. The van der Waals surface area contributed by atoms with E-state index in [0.717, 1.165) is 17.7 Å². The normalized spacial score (nSPS) is 11.8. The van der Waals surface area contributed by atoms with Gasteiger partial charge in [-0.05, 0) is 37.8 Å². The average Bonchev–Trinajstić information content (AvgIpc) is 2.42. The van der Waals surface area contributed by atoms with Gasteiger partial charge in [-0.15, -0.1) is 12.4 Å². The van der Waals surface area contributed by atoms with Crippen LogP contribution in [0.1, 0.15) is 31.4 Å². The fourth-order valence-electron chi connectivity index (χ4n) is 2.01. The minimum absolute atomic E-state index is 0. The van der Waals surface area contributed by atoms with Gasteiger partial charge in [-0.3, -0.25) is 4.79 Å². The number of nitrogens with two attached hydrogens (primary N) is 1. The number of benzene rings is 1. The molecule has 5 heteroatoms. The van der Waals surface area contributed by atoms with Crippen molar-refractivity contribution in [1.29, 1.82) is 0 Å². The number of rotatable bonds is 7. The molecule has 0 fully saturated rings. The summed E-state index contributed by atoms with van der Waals surface area (Å²) in [4.78, 5) is 13.7. The van der Waals surface area contributed by atoms with E-state index in [1.807, 2.05) is 32.0 Å². The van der Waals surface area contributed by atoms with Crippen molar-refractivity contribution in [3.8, 4) is 5.75 Å². The smallest absolute Gasteiger partial charge is 0.260 e. The van der Waals surface area contributed by atoms with Gasteiger partial charge in [-0.25, -0.2) is 0 Å². The van der Waals surface area contributed by atoms with Crippen molar-refractivity contribution in [2.45, 2.75) is 40.2 Å². The Kier molecular flexibility index (Phi) is 9.14. The number of aryl methyl sites for hydroxylation is 2. The predicted octanol–water partition coefficient (Wildman–Crippen LogP) is 2.94. The molecule has 0 saturated carbocycles. The van der Waals surface area contributed by atoms with E-state index in [4.69, 9.17) is 10.5 Å². The highest BCUT2D eigenvalue weighted by Gasteiger charge is 2.13. The third-order valence-electron chi connectivity index (χ3n) is 3.76. The lowest BCUT2D eigenvalue weighted by Crippen LogP contribution is -2.36. The van der Waals surface area contributed by atoms with Crippen LogP contribution in [0, 0.1) is 19.8 Å². The van der Waals surface area contributed by atoms with Crippen molar-refractivity contribution >= 4 is 18.3 Å². The minimum atomic E-state index is -0.0223. The van der Waals surface area contributed by atoms with Crippen LogP contribution in [0.25, 0.3) is 0 Å². The molecule has 0 radical (unpaired) electrons. The van der Waals surface area contributed by atoms with Crippen molar-refractivity contribution < 1.29 is 9.53 Å². The monoisotopic (exact) mass is 328 g/mol. The first-order valence-corrected chi connectivity index (χ1v) is 7.51. The molecule has 4 nitrogen and oxygen atoms in total. The van der Waals surface area contributed by atoms with Crippen molar-refractivity contribution in [3.05, 3.63) is 29.3 Å². The molecule has 2 N–H and O–H groups in total. The summed E-state index contributed by atoms with van der Waals surface area (Å²) in [5.41, 5.74) is 8.23. The van der Waals surface area contributed by atoms with E-state index in [9.17, 15) is 4.79 Å². The lowest BCUT2D eigenvalue weighted by atomic mass is 10.0. The van der Waals surface area contributed by atoms with E-state index < -0.39 is 0 Å². The summed E-state index contributed by atoms with van der Waals surface area (Å²) in [6, 6.07) is 6.07. The molecule has 1 aromatic rings. The number of carbonyl (C=O) groups is 1. The van der Waals surface area contributed by atoms with Gasteiger partial charge in [0.05, 0.1) is 0 Å².